The van der Waals surface area contributed by atoms with Crippen LogP contribution in [-0.4, -0.2) is 74.7 Å². The summed E-state index contributed by atoms with van der Waals surface area (Å²) in [5.41, 5.74) is 0.453. The normalized spacial score (nSPS) is 20.5. The van der Waals surface area contributed by atoms with Gasteiger partial charge in [-0.25, -0.2) is 0 Å². The number of nitrogens with one attached hydrogen (secondary N) is 1. The van der Waals surface area contributed by atoms with Gasteiger partial charge in [0.1, 0.15) is 12.1 Å². The first-order valence-corrected chi connectivity index (χ1v) is 15.1. The molecule has 2 saturated heterocycles. The Labute approximate surface area is 244 Å². The maximum absolute atomic E-state index is 14.0. The summed E-state index contributed by atoms with van der Waals surface area (Å²) in [6, 6.07) is 15.1. The van der Waals surface area contributed by atoms with E-state index in [1.165, 1.54) is 57.2 Å². The number of rotatable bonds is 9. The van der Waals surface area contributed by atoms with Crippen molar-refractivity contribution in [3.05, 3.63) is 98.2 Å². The Hall–Kier alpha value is -4.03. The van der Waals surface area contributed by atoms with Crippen LogP contribution in [0, 0.1) is 10.1 Å². The van der Waals surface area contributed by atoms with Crippen molar-refractivity contribution in [1.29, 1.82) is 0 Å². The fourth-order valence-electron chi connectivity index (χ4n) is 5.50. The molecule has 0 aliphatic carbocycles. The van der Waals surface area contributed by atoms with E-state index in [0.29, 0.717) is 23.5 Å². The minimum Gasteiger partial charge on any atom is -0.339 e. The number of carbonyl (C=O) groups is 4. The molecule has 1 N–H and O–H groups in total. The molecule has 3 heterocycles. The Balaban J connectivity index is 1.35. The zero-order valence-electron chi connectivity index (χ0n) is 22.2. The van der Waals surface area contributed by atoms with Crippen molar-refractivity contribution in [2.75, 3.05) is 18.8 Å². The summed E-state index contributed by atoms with van der Waals surface area (Å²) in [7, 11) is 0. The van der Waals surface area contributed by atoms with Gasteiger partial charge in [-0.15, -0.1) is 0 Å². The summed E-state index contributed by atoms with van der Waals surface area (Å²) < 4.78 is 0. The molecule has 5 rings (SSSR count). The quantitative estimate of drug-likeness (QED) is 0.296. The van der Waals surface area contributed by atoms with Crippen LogP contribution in [-0.2, 0) is 15.3 Å². The van der Waals surface area contributed by atoms with E-state index < -0.39 is 28.5 Å². The molecule has 212 valence electrons. The van der Waals surface area contributed by atoms with Gasteiger partial charge < -0.3 is 15.1 Å². The number of thiophene rings is 1. The molecule has 3 atom stereocenters. The lowest BCUT2D eigenvalue weighted by atomic mass is 9.92. The minimum atomic E-state index is -0.979. The van der Waals surface area contributed by atoms with Crippen molar-refractivity contribution in [3.8, 4) is 0 Å². The predicted molar refractivity (Wildman–Crippen MR) is 156 cm³/mol. The summed E-state index contributed by atoms with van der Waals surface area (Å²) in [5.74, 6) is -0.578. The van der Waals surface area contributed by atoms with Crippen molar-refractivity contribution < 1.29 is 24.1 Å². The predicted octanol–water partition coefficient (Wildman–Crippen LogP) is 3.77. The summed E-state index contributed by atoms with van der Waals surface area (Å²) in [6.07, 6.45) is 0.359. The number of likely N-dealkylation sites (tertiary alicyclic amines) is 2. The lowest BCUT2D eigenvalue weighted by Crippen LogP contribution is -2.56. The number of benzene rings is 2. The van der Waals surface area contributed by atoms with Crippen LogP contribution in [0.3, 0.4) is 0 Å². The molecular weight excluding hydrogens is 564 g/mol. The van der Waals surface area contributed by atoms with Gasteiger partial charge in [-0.1, -0.05) is 36.4 Å². The molecular formula is C29H28N4O6S2. The number of fused-ring (bicyclic) bond motifs is 1. The van der Waals surface area contributed by atoms with Crippen LogP contribution in [0.1, 0.15) is 39.6 Å². The van der Waals surface area contributed by atoms with Gasteiger partial charge in [-0.2, -0.15) is 23.1 Å². The standard InChI is InChI=1S/C29H28N4O6S2/c1-29-11-12-31(25(29)24(34)15-32(29)27(36)20-8-5-9-22(14-20)33(38)39)28(37)23(30-26(35)21-10-13-40-17-21)18-41-16-19-6-3-2-4-7-19/h2-10,13-14,17,23,25H,11-12,15-16,18H2,1H3,(H,30,35)/t23?,25?,29-/m1/s1. The number of ketones is 1. The van der Waals surface area contributed by atoms with Crippen LogP contribution >= 0.6 is 23.1 Å². The van der Waals surface area contributed by atoms with Crippen LogP contribution in [0.5, 0.6) is 0 Å². The van der Waals surface area contributed by atoms with E-state index in [4.69, 9.17) is 0 Å². The van der Waals surface area contributed by atoms with E-state index >= 15 is 0 Å². The topological polar surface area (TPSA) is 130 Å². The van der Waals surface area contributed by atoms with Gasteiger partial charge in [0.05, 0.1) is 22.6 Å². The number of Topliss-reactive ketones (excluding diaryl/α,β-unsaturated/α-hetero) is 1. The first kappa shape index (κ1) is 28.5. The fraction of sp³-hybridized carbons (Fsp3) is 0.310. The summed E-state index contributed by atoms with van der Waals surface area (Å²) in [6.45, 7) is 1.80. The highest BCUT2D eigenvalue weighted by Crippen LogP contribution is 2.41. The lowest BCUT2D eigenvalue weighted by molar-refractivity contribution is -0.384. The van der Waals surface area contributed by atoms with E-state index in [2.05, 4.69) is 5.32 Å². The molecule has 0 bridgehead atoms. The Morgan fingerprint density at radius 2 is 1.93 bits per heavy atom. The Kier molecular flexibility index (Phi) is 8.22. The van der Waals surface area contributed by atoms with Crippen molar-refractivity contribution in [2.24, 2.45) is 0 Å². The van der Waals surface area contributed by atoms with E-state index in [-0.39, 0.29) is 41.9 Å². The van der Waals surface area contributed by atoms with E-state index in [9.17, 15) is 29.3 Å². The molecule has 1 aromatic heterocycles. The van der Waals surface area contributed by atoms with Crippen molar-refractivity contribution in [3.63, 3.8) is 0 Å². The second-order valence-electron chi connectivity index (χ2n) is 10.2. The second kappa shape index (κ2) is 11.8. The SMILES string of the molecule is C[C@@]12CCN(C(=O)C(CSCc3ccccc3)NC(=O)c3ccsc3)C1C(=O)CN2C(=O)c1cccc([N+](=O)[O-])c1. The summed E-state index contributed by atoms with van der Waals surface area (Å²) in [4.78, 5) is 67.3. The number of non-ortho nitro benzene ring substituents is 1. The van der Waals surface area contributed by atoms with Gasteiger partial charge in [0.25, 0.3) is 17.5 Å². The minimum absolute atomic E-state index is 0.108. The molecule has 3 aromatic rings. The second-order valence-corrected chi connectivity index (χ2v) is 12.1. The molecule has 2 unspecified atom stereocenters. The van der Waals surface area contributed by atoms with Gasteiger partial charge in [0.2, 0.25) is 5.91 Å². The zero-order valence-corrected chi connectivity index (χ0v) is 23.9. The maximum atomic E-state index is 14.0. The third-order valence-corrected chi connectivity index (χ3v) is 9.40. The molecule has 2 aliphatic heterocycles. The first-order valence-electron chi connectivity index (χ1n) is 13.0. The summed E-state index contributed by atoms with van der Waals surface area (Å²) >= 11 is 2.89. The third-order valence-electron chi connectivity index (χ3n) is 7.61. The number of amides is 3. The van der Waals surface area contributed by atoms with Crippen LogP contribution in [0.15, 0.2) is 71.4 Å². The molecule has 0 saturated carbocycles. The van der Waals surface area contributed by atoms with Gasteiger partial charge in [0.15, 0.2) is 5.78 Å². The Bertz CT molecular complexity index is 1480. The summed E-state index contributed by atoms with van der Waals surface area (Å²) in [5, 5.41) is 17.6. The number of nitro benzene ring substituents is 1. The van der Waals surface area contributed by atoms with Gasteiger partial charge >= 0.3 is 0 Å². The molecule has 2 aliphatic rings. The van der Waals surface area contributed by atoms with Crippen molar-refractivity contribution in [1.82, 2.24) is 15.1 Å². The molecule has 2 aromatic carbocycles. The van der Waals surface area contributed by atoms with Gasteiger partial charge in [-0.05, 0) is 36.4 Å². The average molecular weight is 593 g/mol. The number of hydrogen-bond acceptors (Lipinski definition) is 8. The molecule has 3 amide bonds. The van der Waals surface area contributed by atoms with Crippen LogP contribution < -0.4 is 5.32 Å². The average Bonchev–Trinajstić information content (AvgIpc) is 3.69. The van der Waals surface area contributed by atoms with Crippen molar-refractivity contribution >= 4 is 52.3 Å². The lowest BCUT2D eigenvalue weighted by Gasteiger charge is -2.35. The molecule has 2 fully saturated rings. The van der Waals surface area contributed by atoms with E-state index in [1.807, 2.05) is 30.3 Å². The first-order chi connectivity index (χ1) is 19.7. The van der Waals surface area contributed by atoms with Crippen molar-refractivity contribution in [2.45, 2.75) is 36.7 Å². The highest BCUT2D eigenvalue weighted by molar-refractivity contribution is 7.98. The maximum Gasteiger partial charge on any atom is 0.270 e. The number of nitro groups is 1. The molecule has 10 nitrogen and oxygen atoms in total. The Morgan fingerprint density at radius 1 is 1.15 bits per heavy atom. The number of thioether (sulfide) groups is 1. The highest BCUT2D eigenvalue weighted by atomic mass is 32.2. The number of hydrogen-bond donors (Lipinski definition) is 1. The van der Waals surface area contributed by atoms with E-state index in [1.54, 1.807) is 23.8 Å². The largest absolute Gasteiger partial charge is 0.339 e. The molecule has 0 radical (unpaired) electrons. The van der Waals surface area contributed by atoms with E-state index in [0.717, 1.165) is 5.56 Å². The van der Waals surface area contributed by atoms with Gasteiger partial charge in [-0.3, -0.25) is 29.3 Å². The molecule has 0 spiro atoms. The highest BCUT2D eigenvalue weighted by Gasteiger charge is 2.60. The molecule has 12 heteroatoms. The fourth-order valence-corrected chi connectivity index (χ4v) is 7.15. The third kappa shape index (κ3) is 5.75. The monoisotopic (exact) mass is 592 g/mol. The van der Waals surface area contributed by atoms with Crippen LogP contribution in [0.25, 0.3) is 0 Å². The number of nitrogens with zero attached hydrogens (tertiary/aromatic N) is 3. The Morgan fingerprint density at radius 3 is 2.63 bits per heavy atom. The zero-order chi connectivity index (χ0) is 29.1. The van der Waals surface area contributed by atoms with Crippen LogP contribution in [0.4, 0.5) is 5.69 Å². The van der Waals surface area contributed by atoms with Gasteiger partial charge in [0, 0.05) is 41.1 Å². The smallest absolute Gasteiger partial charge is 0.270 e. The number of carbonyl (C=O) groups excluding carboxylic acids is 4. The molecule has 41 heavy (non-hydrogen) atoms. The van der Waals surface area contributed by atoms with Crippen LogP contribution in [0.2, 0.25) is 0 Å².